The fraction of sp³-hybridized carbons (Fsp3) is 0.333. The third-order valence-corrected chi connectivity index (χ3v) is 5.00. The molecule has 2 unspecified atom stereocenters. The summed E-state index contributed by atoms with van der Waals surface area (Å²) in [6.07, 6.45) is 1.48. The van der Waals surface area contributed by atoms with Gasteiger partial charge >= 0.3 is 0 Å². The molecule has 1 saturated heterocycles. The van der Waals surface area contributed by atoms with E-state index in [1.54, 1.807) is 12.1 Å². The van der Waals surface area contributed by atoms with Gasteiger partial charge in [0.05, 0.1) is 23.8 Å². The molecule has 3 rings (SSSR count). The van der Waals surface area contributed by atoms with Crippen molar-refractivity contribution in [3.05, 3.63) is 57.7 Å². The SMILES string of the molecule is CC(C(=O)Nc1ccc(Cl)cn1)N1CCOC(c2ccc(Br)cc2)C1. The monoisotopic (exact) mass is 423 g/mol. The Morgan fingerprint density at radius 2 is 2.12 bits per heavy atom. The maximum Gasteiger partial charge on any atom is 0.242 e. The molecule has 1 aromatic heterocycles. The molecule has 1 fully saturated rings. The van der Waals surface area contributed by atoms with E-state index >= 15 is 0 Å². The van der Waals surface area contributed by atoms with Crippen LogP contribution < -0.4 is 5.32 Å². The molecule has 1 amide bonds. The van der Waals surface area contributed by atoms with E-state index < -0.39 is 0 Å². The van der Waals surface area contributed by atoms with Gasteiger partial charge in [-0.15, -0.1) is 0 Å². The first-order valence-electron chi connectivity index (χ1n) is 8.06. The standard InChI is InChI=1S/C18H19BrClN3O2/c1-12(18(24)22-17-7-6-15(20)10-21-17)23-8-9-25-16(11-23)13-2-4-14(19)5-3-13/h2-7,10,12,16H,8-9,11H2,1H3,(H,21,22,24). The number of carbonyl (C=O) groups is 1. The van der Waals surface area contributed by atoms with Gasteiger partial charge in [-0.25, -0.2) is 4.98 Å². The van der Waals surface area contributed by atoms with E-state index in [1.807, 2.05) is 31.2 Å². The van der Waals surface area contributed by atoms with Crippen molar-refractivity contribution in [3.8, 4) is 0 Å². The quantitative estimate of drug-likeness (QED) is 0.809. The predicted octanol–water partition coefficient (Wildman–Crippen LogP) is 3.90. The van der Waals surface area contributed by atoms with Gasteiger partial charge in [-0.2, -0.15) is 0 Å². The van der Waals surface area contributed by atoms with Crippen LogP contribution in [0.4, 0.5) is 5.82 Å². The summed E-state index contributed by atoms with van der Waals surface area (Å²) in [5.74, 6) is 0.408. The fourth-order valence-electron chi connectivity index (χ4n) is 2.75. The third kappa shape index (κ3) is 4.79. The average molecular weight is 425 g/mol. The average Bonchev–Trinajstić information content (AvgIpc) is 2.63. The van der Waals surface area contributed by atoms with Gasteiger partial charge in [0.15, 0.2) is 0 Å². The highest BCUT2D eigenvalue weighted by molar-refractivity contribution is 9.10. The summed E-state index contributed by atoms with van der Waals surface area (Å²) in [6.45, 7) is 3.88. The summed E-state index contributed by atoms with van der Waals surface area (Å²) in [5, 5.41) is 3.37. The molecule has 1 N–H and O–H groups in total. The van der Waals surface area contributed by atoms with Crippen LogP contribution in [-0.4, -0.2) is 41.5 Å². The first-order valence-corrected chi connectivity index (χ1v) is 9.23. The van der Waals surface area contributed by atoms with Crippen molar-refractivity contribution >= 4 is 39.3 Å². The normalized spacial score (nSPS) is 19.4. The van der Waals surface area contributed by atoms with Gasteiger partial charge in [-0.1, -0.05) is 39.7 Å². The number of hydrogen-bond donors (Lipinski definition) is 1. The summed E-state index contributed by atoms with van der Waals surface area (Å²) < 4.78 is 6.91. The first kappa shape index (κ1) is 18.3. The number of carbonyl (C=O) groups excluding carboxylic acids is 1. The van der Waals surface area contributed by atoms with Crippen molar-refractivity contribution in [2.45, 2.75) is 19.1 Å². The second kappa shape index (κ2) is 8.27. The molecule has 1 aromatic carbocycles. The van der Waals surface area contributed by atoms with Gasteiger partial charge in [0.2, 0.25) is 5.91 Å². The number of amides is 1. The number of halogens is 2. The summed E-state index contributed by atoms with van der Waals surface area (Å²) >= 11 is 9.26. The van der Waals surface area contributed by atoms with Crippen molar-refractivity contribution in [3.63, 3.8) is 0 Å². The lowest BCUT2D eigenvalue weighted by atomic mass is 10.1. The smallest absolute Gasteiger partial charge is 0.242 e. The molecule has 2 aromatic rings. The van der Waals surface area contributed by atoms with Crippen LogP contribution in [-0.2, 0) is 9.53 Å². The molecule has 132 valence electrons. The van der Waals surface area contributed by atoms with Crippen LogP contribution >= 0.6 is 27.5 Å². The molecule has 0 spiro atoms. The minimum Gasteiger partial charge on any atom is -0.371 e. The maximum atomic E-state index is 12.5. The van der Waals surface area contributed by atoms with Crippen LogP contribution in [0.1, 0.15) is 18.6 Å². The highest BCUT2D eigenvalue weighted by Crippen LogP contribution is 2.25. The van der Waals surface area contributed by atoms with E-state index in [0.29, 0.717) is 24.0 Å². The molecular formula is C18H19BrClN3O2. The molecule has 0 saturated carbocycles. The molecule has 1 aliphatic heterocycles. The summed E-state index contributed by atoms with van der Waals surface area (Å²) in [4.78, 5) is 18.7. The fourth-order valence-corrected chi connectivity index (χ4v) is 3.12. The second-order valence-electron chi connectivity index (χ2n) is 5.93. The van der Waals surface area contributed by atoms with Gasteiger partial charge in [0.1, 0.15) is 5.82 Å². The van der Waals surface area contributed by atoms with Crippen molar-refractivity contribution in [2.75, 3.05) is 25.0 Å². The lowest BCUT2D eigenvalue weighted by Gasteiger charge is -2.36. The number of anilines is 1. The Kier molecular flexibility index (Phi) is 6.06. The highest BCUT2D eigenvalue weighted by Gasteiger charge is 2.28. The van der Waals surface area contributed by atoms with Crippen LogP contribution in [0.15, 0.2) is 47.1 Å². The molecule has 0 aliphatic carbocycles. The Morgan fingerprint density at radius 3 is 2.80 bits per heavy atom. The molecular weight excluding hydrogens is 406 g/mol. The van der Waals surface area contributed by atoms with Gasteiger partial charge in [-0.05, 0) is 36.8 Å². The Labute approximate surface area is 160 Å². The first-order chi connectivity index (χ1) is 12.0. The zero-order chi connectivity index (χ0) is 17.8. The molecule has 0 radical (unpaired) electrons. The number of aromatic nitrogens is 1. The second-order valence-corrected chi connectivity index (χ2v) is 7.28. The number of nitrogens with one attached hydrogen (secondary N) is 1. The van der Waals surface area contributed by atoms with Crippen LogP contribution in [0.3, 0.4) is 0 Å². The minimum atomic E-state index is -0.278. The van der Waals surface area contributed by atoms with Crippen molar-refractivity contribution in [1.82, 2.24) is 9.88 Å². The van der Waals surface area contributed by atoms with Crippen molar-refractivity contribution in [1.29, 1.82) is 0 Å². The van der Waals surface area contributed by atoms with Crippen LogP contribution in [0.25, 0.3) is 0 Å². The molecule has 2 atom stereocenters. The Balaban J connectivity index is 1.62. The lowest BCUT2D eigenvalue weighted by Crippen LogP contribution is -2.48. The molecule has 2 heterocycles. The minimum absolute atomic E-state index is 0.0363. The Bertz CT molecular complexity index is 724. The number of ether oxygens (including phenoxy) is 1. The molecule has 5 nitrogen and oxygen atoms in total. The summed E-state index contributed by atoms with van der Waals surface area (Å²) in [5.41, 5.74) is 1.11. The lowest BCUT2D eigenvalue weighted by molar-refractivity contribution is -0.124. The molecule has 25 heavy (non-hydrogen) atoms. The van der Waals surface area contributed by atoms with E-state index in [-0.39, 0.29) is 18.1 Å². The molecule has 0 bridgehead atoms. The van der Waals surface area contributed by atoms with E-state index in [2.05, 4.69) is 31.1 Å². The maximum absolute atomic E-state index is 12.5. The van der Waals surface area contributed by atoms with Gasteiger partial charge in [-0.3, -0.25) is 9.69 Å². The Morgan fingerprint density at radius 1 is 1.36 bits per heavy atom. The zero-order valence-electron chi connectivity index (χ0n) is 13.8. The van der Waals surface area contributed by atoms with E-state index in [0.717, 1.165) is 16.6 Å². The number of hydrogen-bond acceptors (Lipinski definition) is 4. The van der Waals surface area contributed by atoms with Crippen LogP contribution in [0.2, 0.25) is 5.02 Å². The summed E-state index contributed by atoms with van der Waals surface area (Å²) in [7, 11) is 0. The zero-order valence-corrected chi connectivity index (χ0v) is 16.1. The number of benzene rings is 1. The topological polar surface area (TPSA) is 54.5 Å². The van der Waals surface area contributed by atoms with Crippen LogP contribution in [0.5, 0.6) is 0 Å². The highest BCUT2D eigenvalue weighted by atomic mass is 79.9. The van der Waals surface area contributed by atoms with E-state index in [1.165, 1.54) is 6.20 Å². The number of rotatable bonds is 4. The molecule has 1 aliphatic rings. The number of morpholine rings is 1. The number of nitrogens with zero attached hydrogens (tertiary/aromatic N) is 2. The van der Waals surface area contributed by atoms with Crippen LogP contribution in [0, 0.1) is 0 Å². The van der Waals surface area contributed by atoms with E-state index in [9.17, 15) is 4.79 Å². The Hall–Kier alpha value is -1.47. The van der Waals surface area contributed by atoms with Crippen molar-refractivity contribution < 1.29 is 9.53 Å². The largest absolute Gasteiger partial charge is 0.371 e. The van der Waals surface area contributed by atoms with E-state index in [4.69, 9.17) is 16.3 Å². The van der Waals surface area contributed by atoms with Gasteiger partial charge in [0.25, 0.3) is 0 Å². The molecule has 7 heteroatoms. The third-order valence-electron chi connectivity index (χ3n) is 4.25. The van der Waals surface area contributed by atoms with Crippen molar-refractivity contribution in [2.24, 2.45) is 0 Å². The number of pyridine rings is 1. The predicted molar refractivity (Wildman–Crippen MR) is 102 cm³/mol. The van der Waals surface area contributed by atoms with Gasteiger partial charge < -0.3 is 10.1 Å². The van der Waals surface area contributed by atoms with Gasteiger partial charge in [0, 0.05) is 23.8 Å². The summed E-state index contributed by atoms with van der Waals surface area (Å²) in [6, 6.07) is 11.2.